The fourth-order valence-electron chi connectivity index (χ4n) is 2.97. The minimum Gasteiger partial charge on any atom is -0.457 e. The van der Waals surface area contributed by atoms with Gasteiger partial charge in [0.1, 0.15) is 23.2 Å². The molecule has 0 aliphatic carbocycles. The minimum absolute atomic E-state index is 0.151. The molecule has 0 radical (unpaired) electrons. The summed E-state index contributed by atoms with van der Waals surface area (Å²) in [5.41, 5.74) is -0.689. The summed E-state index contributed by atoms with van der Waals surface area (Å²) in [6.07, 6.45) is -3.19. The lowest BCUT2D eigenvalue weighted by atomic mass is 10.1. The van der Waals surface area contributed by atoms with Gasteiger partial charge in [0.05, 0.1) is 18.8 Å². The molecule has 2 heterocycles. The van der Waals surface area contributed by atoms with Crippen molar-refractivity contribution < 1.29 is 27.1 Å². The van der Waals surface area contributed by atoms with Crippen LogP contribution >= 0.6 is 0 Å². The first kappa shape index (κ1) is 21.6. The third-order valence-electron chi connectivity index (χ3n) is 4.57. The van der Waals surface area contributed by atoms with Crippen molar-refractivity contribution in [2.75, 3.05) is 39.4 Å². The fraction of sp³-hybridized carbons (Fsp3) is 0.333. The SMILES string of the molecule is N#CC(=Cc1ccc(-c2cccc(C(F)(F)F)c2)o1)C(=O)NCCN1CCOCC1. The number of ether oxygens (including phenoxy) is 1. The Morgan fingerprint density at radius 1 is 1.23 bits per heavy atom. The van der Waals surface area contributed by atoms with Gasteiger partial charge in [-0.05, 0) is 24.3 Å². The molecule has 30 heavy (non-hydrogen) atoms. The molecule has 0 saturated carbocycles. The van der Waals surface area contributed by atoms with Crippen molar-refractivity contribution in [2.24, 2.45) is 0 Å². The van der Waals surface area contributed by atoms with Gasteiger partial charge in [0, 0.05) is 37.8 Å². The van der Waals surface area contributed by atoms with E-state index in [1.165, 1.54) is 30.3 Å². The molecular formula is C21H20F3N3O3. The first-order valence-corrected chi connectivity index (χ1v) is 9.34. The lowest BCUT2D eigenvalue weighted by Gasteiger charge is -2.26. The number of carbonyl (C=O) groups excluding carboxylic acids is 1. The van der Waals surface area contributed by atoms with Gasteiger partial charge in [-0.25, -0.2) is 0 Å². The normalized spacial score (nSPS) is 15.6. The summed E-state index contributed by atoms with van der Waals surface area (Å²) in [5.74, 6) is -0.137. The number of hydrogen-bond acceptors (Lipinski definition) is 5. The number of nitriles is 1. The third kappa shape index (κ3) is 5.72. The van der Waals surface area contributed by atoms with E-state index < -0.39 is 17.6 Å². The van der Waals surface area contributed by atoms with Crippen LogP contribution in [0.5, 0.6) is 0 Å². The Morgan fingerprint density at radius 3 is 2.70 bits per heavy atom. The molecule has 0 bridgehead atoms. The molecule has 1 N–H and O–H groups in total. The Balaban J connectivity index is 1.64. The summed E-state index contributed by atoms with van der Waals surface area (Å²) < 4.78 is 49.4. The van der Waals surface area contributed by atoms with Crippen LogP contribution in [0.15, 0.2) is 46.4 Å². The van der Waals surface area contributed by atoms with Crippen molar-refractivity contribution in [2.45, 2.75) is 6.18 Å². The number of rotatable bonds is 6. The molecule has 1 aliphatic heterocycles. The topological polar surface area (TPSA) is 78.5 Å². The molecule has 9 heteroatoms. The average molecular weight is 419 g/mol. The number of nitrogens with one attached hydrogen (secondary N) is 1. The number of benzene rings is 1. The summed E-state index contributed by atoms with van der Waals surface area (Å²) in [7, 11) is 0. The van der Waals surface area contributed by atoms with Gasteiger partial charge in [-0.15, -0.1) is 0 Å². The van der Waals surface area contributed by atoms with E-state index in [4.69, 9.17) is 9.15 Å². The lowest BCUT2D eigenvalue weighted by molar-refractivity contribution is -0.137. The predicted molar refractivity (Wildman–Crippen MR) is 103 cm³/mol. The number of carbonyl (C=O) groups is 1. The van der Waals surface area contributed by atoms with Crippen LogP contribution < -0.4 is 5.32 Å². The van der Waals surface area contributed by atoms with Gasteiger partial charge in [-0.2, -0.15) is 18.4 Å². The van der Waals surface area contributed by atoms with E-state index in [-0.39, 0.29) is 22.7 Å². The third-order valence-corrected chi connectivity index (χ3v) is 4.57. The number of halogens is 3. The molecule has 1 saturated heterocycles. The Morgan fingerprint density at radius 2 is 2.00 bits per heavy atom. The maximum Gasteiger partial charge on any atom is 0.416 e. The molecule has 1 amide bonds. The highest BCUT2D eigenvalue weighted by Crippen LogP contribution is 2.32. The summed E-state index contributed by atoms with van der Waals surface area (Å²) in [6.45, 7) is 3.93. The molecule has 1 aliphatic rings. The number of amides is 1. The summed E-state index contributed by atoms with van der Waals surface area (Å²) >= 11 is 0. The number of morpholine rings is 1. The van der Waals surface area contributed by atoms with E-state index in [1.54, 1.807) is 0 Å². The maximum absolute atomic E-state index is 12.9. The molecule has 1 aromatic carbocycles. The summed E-state index contributed by atoms with van der Waals surface area (Å²) in [5, 5.41) is 12.0. The van der Waals surface area contributed by atoms with E-state index in [9.17, 15) is 23.2 Å². The molecule has 0 unspecified atom stereocenters. The average Bonchev–Trinajstić information content (AvgIpc) is 3.21. The standard InChI is InChI=1S/C21H20F3N3O3/c22-21(23,24)17-3-1-2-15(12-17)19-5-4-18(30-19)13-16(14-25)20(28)26-6-7-27-8-10-29-11-9-27/h1-5,12-13H,6-11H2,(H,26,28). The Bertz CT molecular complexity index is 954. The quantitative estimate of drug-likeness (QED) is 0.574. The van der Waals surface area contributed by atoms with Crippen molar-refractivity contribution in [1.82, 2.24) is 10.2 Å². The van der Waals surface area contributed by atoms with Crippen LogP contribution in [0.25, 0.3) is 17.4 Å². The molecule has 0 spiro atoms. The molecule has 3 rings (SSSR count). The van der Waals surface area contributed by atoms with Crippen LogP contribution in [0.3, 0.4) is 0 Å². The van der Waals surface area contributed by atoms with Crippen LogP contribution in [-0.2, 0) is 15.7 Å². The lowest BCUT2D eigenvalue weighted by Crippen LogP contribution is -2.41. The highest BCUT2D eigenvalue weighted by atomic mass is 19.4. The number of nitrogens with zero attached hydrogens (tertiary/aromatic N) is 2. The molecule has 158 valence electrons. The van der Waals surface area contributed by atoms with E-state index >= 15 is 0 Å². The second kappa shape index (κ2) is 9.61. The monoisotopic (exact) mass is 419 g/mol. The van der Waals surface area contributed by atoms with Gasteiger partial charge in [0.2, 0.25) is 0 Å². The van der Waals surface area contributed by atoms with Gasteiger partial charge in [-0.3, -0.25) is 9.69 Å². The first-order valence-electron chi connectivity index (χ1n) is 9.34. The fourth-order valence-corrected chi connectivity index (χ4v) is 2.97. The highest BCUT2D eigenvalue weighted by molar-refractivity contribution is 6.01. The zero-order chi connectivity index (χ0) is 21.6. The van der Waals surface area contributed by atoms with E-state index in [2.05, 4.69) is 10.2 Å². The van der Waals surface area contributed by atoms with Crippen LogP contribution in [0.1, 0.15) is 11.3 Å². The van der Waals surface area contributed by atoms with Crippen molar-refractivity contribution in [3.05, 3.63) is 53.3 Å². The van der Waals surface area contributed by atoms with Gasteiger partial charge in [0.25, 0.3) is 5.91 Å². The van der Waals surface area contributed by atoms with Crippen LogP contribution in [0, 0.1) is 11.3 Å². The molecule has 2 aromatic rings. The molecule has 1 aromatic heterocycles. The van der Waals surface area contributed by atoms with Crippen LogP contribution in [0.4, 0.5) is 13.2 Å². The van der Waals surface area contributed by atoms with Gasteiger partial charge in [0.15, 0.2) is 0 Å². The number of alkyl halides is 3. The van der Waals surface area contributed by atoms with Crippen molar-refractivity contribution >= 4 is 12.0 Å². The Kier molecular flexibility index (Phi) is 6.92. The predicted octanol–water partition coefficient (Wildman–Crippen LogP) is 3.32. The van der Waals surface area contributed by atoms with Gasteiger partial charge < -0.3 is 14.5 Å². The van der Waals surface area contributed by atoms with Gasteiger partial charge >= 0.3 is 6.18 Å². The van der Waals surface area contributed by atoms with Crippen LogP contribution in [-0.4, -0.2) is 50.2 Å². The smallest absolute Gasteiger partial charge is 0.416 e. The minimum atomic E-state index is -4.46. The van der Waals surface area contributed by atoms with E-state index in [0.717, 1.165) is 25.2 Å². The molecule has 6 nitrogen and oxygen atoms in total. The van der Waals surface area contributed by atoms with Crippen molar-refractivity contribution in [3.63, 3.8) is 0 Å². The maximum atomic E-state index is 12.9. The molecule has 1 fully saturated rings. The zero-order valence-electron chi connectivity index (χ0n) is 16.0. The largest absolute Gasteiger partial charge is 0.457 e. The molecular weight excluding hydrogens is 399 g/mol. The van der Waals surface area contributed by atoms with E-state index in [1.807, 2.05) is 6.07 Å². The highest BCUT2D eigenvalue weighted by Gasteiger charge is 2.30. The Labute approximate surface area is 171 Å². The number of hydrogen-bond donors (Lipinski definition) is 1. The van der Waals surface area contributed by atoms with Crippen LogP contribution in [0.2, 0.25) is 0 Å². The summed E-state index contributed by atoms with van der Waals surface area (Å²) in [4.78, 5) is 14.4. The zero-order valence-corrected chi connectivity index (χ0v) is 16.0. The first-order chi connectivity index (χ1) is 14.4. The van der Waals surface area contributed by atoms with Crippen molar-refractivity contribution in [1.29, 1.82) is 5.26 Å². The van der Waals surface area contributed by atoms with Gasteiger partial charge in [-0.1, -0.05) is 12.1 Å². The van der Waals surface area contributed by atoms with E-state index in [0.29, 0.717) is 26.3 Å². The second-order valence-electron chi connectivity index (χ2n) is 6.66. The second-order valence-corrected chi connectivity index (χ2v) is 6.66. The summed E-state index contributed by atoms with van der Waals surface area (Å²) in [6, 6.07) is 9.55. The molecule has 0 atom stereocenters. The number of furan rings is 1. The van der Waals surface area contributed by atoms with Crippen molar-refractivity contribution in [3.8, 4) is 17.4 Å². The Hall–Kier alpha value is -3.09.